The summed E-state index contributed by atoms with van der Waals surface area (Å²) in [7, 11) is 0. The number of pyridine rings is 2. The molecule has 0 amide bonds. The maximum absolute atomic E-state index is 13.3. The summed E-state index contributed by atoms with van der Waals surface area (Å²) in [5, 5.41) is -0.478. The van der Waals surface area contributed by atoms with Crippen LogP contribution in [-0.2, 0) is 12.6 Å². The molecule has 0 saturated carbocycles. The van der Waals surface area contributed by atoms with Gasteiger partial charge in [0.05, 0.1) is 11.2 Å². The van der Waals surface area contributed by atoms with Gasteiger partial charge in [-0.05, 0) is 42.4 Å². The van der Waals surface area contributed by atoms with Crippen molar-refractivity contribution in [1.29, 1.82) is 0 Å². The van der Waals surface area contributed by atoms with E-state index in [2.05, 4.69) is 30.9 Å². The van der Waals surface area contributed by atoms with Gasteiger partial charge >= 0.3 is 6.18 Å². The third-order valence-electron chi connectivity index (χ3n) is 7.34. The quantitative estimate of drug-likeness (QED) is 0.430. The van der Waals surface area contributed by atoms with Crippen LogP contribution in [0.1, 0.15) is 35.8 Å². The fraction of sp³-hybridized carbons (Fsp3) is 0.333. The number of aromatic nitrogens is 5. The molecule has 1 spiro atoms. The van der Waals surface area contributed by atoms with Crippen LogP contribution in [0.5, 0.6) is 0 Å². The second-order valence-corrected chi connectivity index (χ2v) is 9.53. The summed E-state index contributed by atoms with van der Waals surface area (Å²) in [6.07, 6.45) is 5.81. The smallest absolute Gasteiger partial charge is 0.355 e. The molecule has 4 aromatic heterocycles. The molecule has 7 nitrogen and oxygen atoms in total. The van der Waals surface area contributed by atoms with Gasteiger partial charge in [-0.25, -0.2) is 9.97 Å². The summed E-state index contributed by atoms with van der Waals surface area (Å²) in [4.78, 5) is 19.1. The molecule has 1 fully saturated rings. The van der Waals surface area contributed by atoms with Crippen molar-refractivity contribution in [3.63, 3.8) is 0 Å². The van der Waals surface area contributed by atoms with Crippen LogP contribution in [0.25, 0.3) is 16.9 Å². The Labute approximate surface area is 203 Å². The second-order valence-electron chi connectivity index (χ2n) is 9.15. The summed E-state index contributed by atoms with van der Waals surface area (Å²) < 4.78 is 41.7. The maximum Gasteiger partial charge on any atom is 0.434 e. The number of nitrogens with two attached hydrogens (primary N) is 1. The Hall–Kier alpha value is -3.24. The lowest BCUT2D eigenvalue weighted by Crippen LogP contribution is -2.44. The second kappa shape index (κ2) is 7.89. The van der Waals surface area contributed by atoms with Gasteiger partial charge in [0.25, 0.3) is 0 Å². The predicted molar refractivity (Wildman–Crippen MR) is 125 cm³/mol. The number of imidazole rings is 1. The van der Waals surface area contributed by atoms with Crippen LogP contribution in [-0.4, -0.2) is 37.4 Å². The van der Waals surface area contributed by atoms with Gasteiger partial charge in [0, 0.05) is 55.2 Å². The minimum Gasteiger partial charge on any atom is -0.355 e. The molecule has 6 rings (SSSR count). The monoisotopic (exact) mass is 499 g/mol. The molecule has 0 bridgehead atoms. The van der Waals surface area contributed by atoms with Gasteiger partial charge in [-0.1, -0.05) is 17.7 Å². The highest BCUT2D eigenvalue weighted by molar-refractivity contribution is 6.33. The van der Waals surface area contributed by atoms with Gasteiger partial charge in [0.1, 0.15) is 11.3 Å². The lowest BCUT2D eigenvalue weighted by molar-refractivity contribution is -0.141. The molecular formula is C24H21ClF3N7. The average Bonchev–Trinajstić information content (AvgIpc) is 3.39. The van der Waals surface area contributed by atoms with Crippen molar-refractivity contribution in [1.82, 2.24) is 24.3 Å². The number of nitrogens with zero attached hydrogens (tertiary/aromatic N) is 6. The predicted octanol–water partition coefficient (Wildman–Crippen LogP) is 4.70. The van der Waals surface area contributed by atoms with Crippen molar-refractivity contribution in [3.8, 4) is 11.4 Å². The standard InChI is InChI=1S/C24H21ClF3N7/c25-18-15(3-7-31-20(18)24(26,27)28)21-33-13-17-22(32-8-11-35(17)21)34-9-4-23(5-10-34)12-16-14(19(23)29)2-1-6-30-16/h1-3,6-8,11,13,19H,4-5,9-10,12,29H2/t19-/m0/s1. The van der Waals surface area contributed by atoms with Crippen molar-refractivity contribution in [2.24, 2.45) is 11.1 Å². The fourth-order valence-corrected chi connectivity index (χ4v) is 5.78. The molecule has 1 aliphatic heterocycles. The normalized spacial score (nSPS) is 19.5. The summed E-state index contributed by atoms with van der Waals surface area (Å²) in [5.41, 5.74) is 8.58. The van der Waals surface area contributed by atoms with Crippen LogP contribution in [0.4, 0.5) is 19.0 Å². The van der Waals surface area contributed by atoms with E-state index in [0.717, 1.165) is 55.6 Å². The molecule has 180 valence electrons. The number of halogens is 4. The van der Waals surface area contributed by atoms with Crippen LogP contribution in [0.2, 0.25) is 5.02 Å². The average molecular weight is 500 g/mol. The van der Waals surface area contributed by atoms with Crippen molar-refractivity contribution in [2.75, 3.05) is 18.0 Å². The molecular weight excluding hydrogens is 479 g/mol. The Bertz CT molecular complexity index is 1430. The summed E-state index contributed by atoms with van der Waals surface area (Å²) in [6.45, 7) is 1.51. The molecule has 0 radical (unpaired) electrons. The first-order valence-corrected chi connectivity index (χ1v) is 11.6. The van der Waals surface area contributed by atoms with E-state index in [-0.39, 0.29) is 17.0 Å². The SMILES string of the molecule is N[C@H]1c2cccnc2CC12CCN(c1nccn3c(-c4ccnc(C(F)(F)F)c4Cl)ncc13)CC2. The van der Waals surface area contributed by atoms with Crippen molar-refractivity contribution in [2.45, 2.75) is 31.5 Å². The minimum atomic E-state index is -4.66. The van der Waals surface area contributed by atoms with E-state index in [1.165, 1.54) is 6.07 Å². The maximum atomic E-state index is 13.3. The molecule has 1 saturated heterocycles. The van der Waals surface area contributed by atoms with Gasteiger partial charge in [-0.3, -0.25) is 14.4 Å². The molecule has 35 heavy (non-hydrogen) atoms. The van der Waals surface area contributed by atoms with Crippen molar-refractivity contribution >= 4 is 22.9 Å². The Morgan fingerprint density at radius 1 is 1.03 bits per heavy atom. The molecule has 1 aliphatic carbocycles. The zero-order valence-electron chi connectivity index (χ0n) is 18.5. The molecule has 0 aromatic carbocycles. The van der Waals surface area contributed by atoms with E-state index in [0.29, 0.717) is 11.3 Å². The lowest BCUT2D eigenvalue weighted by atomic mass is 9.73. The Balaban J connectivity index is 1.31. The van der Waals surface area contributed by atoms with E-state index < -0.39 is 16.9 Å². The summed E-state index contributed by atoms with van der Waals surface area (Å²) >= 11 is 6.12. The topological polar surface area (TPSA) is 85.2 Å². The van der Waals surface area contributed by atoms with Gasteiger partial charge < -0.3 is 10.6 Å². The van der Waals surface area contributed by atoms with E-state index in [9.17, 15) is 13.2 Å². The van der Waals surface area contributed by atoms with Gasteiger partial charge in [0.15, 0.2) is 11.5 Å². The first kappa shape index (κ1) is 22.2. The first-order valence-electron chi connectivity index (χ1n) is 11.3. The number of hydrogen-bond acceptors (Lipinski definition) is 6. The molecule has 2 aliphatic rings. The molecule has 5 heterocycles. The lowest BCUT2D eigenvalue weighted by Gasteiger charge is -2.42. The van der Waals surface area contributed by atoms with Crippen LogP contribution >= 0.6 is 11.6 Å². The van der Waals surface area contributed by atoms with Gasteiger partial charge in [-0.15, -0.1) is 0 Å². The van der Waals surface area contributed by atoms with Gasteiger partial charge in [0.2, 0.25) is 0 Å². The zero-order chi connectivity index (χ0) is 24.4. The fourth-order valence-electron chi connectivity index (χ4n) is 5.48. The summed E-state index contributed by atoms with van der Waals surface area (Å²) in [5.74, 6) is 1.03. The van der Waals surface area contributed by atoms with Crippen LogP contribution < -0.4 is 10.6 Å². The molecule has 4 aromatic rings. The summed E-state index contributed by atoms with van der Waals surface area (Å²) in [6, 6.07) is 5.39. The third-order valence-corrected chi connectivity index (χ3v) is 7.72. The van der Waals surface area contributed by atoms with E-state index in [4.69, 9.17) is 17.3 Å². The number of fused-ring (bicyclic) bond motifs is 2. The molecule has 11 heteroatoms. The largest absolute Gasteiger partial charge is 0.434 e. The highest BCUT2D eigenvalue weighted by Crippen LogP contribution is 2.50. The highest BCUT2D eigenvalue weighted by atomic mass is 35.5. The highest BCUT2D eigenvalue weighted by Gasteiger charge is 2.46. The third kappa shape index (κ3) is 3.46. The Kier molecular flexibility index (Phi) is 5.01. The number of anilines is 1. The van der Waals surface area contributed by atoms with E-state index >= 15 is 0 Å². The molecule has 1 atom stereocenters. The van der Waals surface area contributed by atoms with E-state index in [1.807, 2.05) is 12.3 Å². The zero-order valence-corrected chi connectivity index (χ0v) is 19.3. The van der Waals surface area contributed by atoms with Gasteiger partial charge in [-0.2, -0.15) is 13.2 Å². The first-order chi connectivity index (χ1) is 16.8. The minimum absolute atomic E-state index is 0.0256. The number of piperidine rings is 1. The molecule has 0 unspecified atom stereocenters. The molecule has 2 N–H and O–H groups in total. The van der Waals surface area contributed by atoms with Crippen LogP contribution in [0, 0.1) is 5.41 Å². The Morgan fingerprint density at radius 3 is 2.57 bits per heavy atom. The van der Waals surface area contributed by atoms with Crippen molar-refractivity contribution < 1.29 is 13.2 Å². The number of hydrogen-bond donors (Lipinski definition) is 1. The number of alkyl halides is 3. The van der Waals surface area contributed by atoms with Crippen LogP contribution in [0.15, 0.2) is 49.2 Å². The number of rotatable bonds is 2. The van der Waals surface area contributed by atoms with Crippen molar-refractivity contribution in [3.05, 3.63) is 71.2 Å². The Morgan fingerprint density at radius 2 is 1.83 bits per heavy atom. The van der Waals surface area contributed by atoms with E-state index in [1.54, 1.807) is 23.0 Å². The van der Waals surface area contributed by atoms with Crippen LogP contribution in [0.3, 0.4) is 0 Å².